The van der Waals surface area contributed by atoms with E-state index in [1.165, 1.54) is 24.1 Å². The van der Waals surface area contributed by atoms with Crippen LogP contribution in [0, 0.1) is 0 Å². The number of benzene rings is 1. The maximum Gasteiger partial charge on any atom is 0.263 e. The third-order valence-corrected chi connectivity index (χ3v) is 3.46. The maximum atomic E-state index is 12.4. The first-order chi connectivity index (χ1) is 11.1. The standard InChI is InChI=1S/C16H14N4O3/c1-20-12-6-4-3-5-10(12)7-11(16(20)22)15(21)19-13-8-18-14(23-2)9-17-13/h3-9H,1-2H3,(H,17,19,21). The van der Waals surface area contributed by atoms with E-state index in [4.69, 9.17) is 4.74 Å². The molecule has 2 heterocycles. The second-order valence-corrected chi connectivity index (χ2v) is 4.88. The number of aromatic nitrogens is 3. The molecule has 0 atom stereocenters. The molecular weight excluding hydrogens is 296 g/mol. The number of para-hydroxylation sites is 1. The van der Waals surface area contributed by atoms with Gasteiger partial charge >= 0.3 is 0 Å². The van der Waals surface area contributed by atoms with Gasteiger partial charge in [0.15, 0.2) is 5.82 Å². The van der Waals surface area contributed by atoms with Crippen LogP contribution in [-0.4, -0.2) is 27.6 Å². The second-order valence-electron chi connectivity index (χ2n) is 4.88. The molecule has 3 aromatic rings. The molecule has 1 N–H and O–H groups in total. The van der Waals surface area contributed by atoms with Crippen molar-refractivity contribution in [2.75, 3.05) is 12.4 Å². The first kappa shape index (κ1) is 14.7. The number of nitrogens with one attached hydrogen (secondary N) is 1. The molecule has 7 nitrogen and oxygen atoms in total. The van der Waals surface area contributed by atoms with E-state index in [1.807, 2.05) is 24.3 Å². The van der Waals surface area contributed by atoms with Crippen LogP contribution < -0.4 is 15.6 Å². The predicted molar refractivity (Wildman–Crippen MR) is 85.7 cm³/mol. The van der Waals surface area contributed by atoms with Crippen LogP contribution in [0.4, 0.5) is 5.82 Å². The van der Waals surface area contributed by atoms with E-state index in [0.29, 0.717) is 5.88 Å². The van der Waals surface area contributed by atoms with Crippen molar-refractivity contribution in [1.29, 1.82) is 0 Å². The average molecular weight is 310 g/mol. The Hall–Kier alpha value is -3.22. The molecule has 1 amide bonds. The molecule has 23 heavy (non-hydrogen) atoms. The SMILES string of the molecule is COc1cnc(NC(=O)c2cc3ccccc3n(C)c2=O)cn1. The summed E-state index contributed by atoms with van der Waals surface area (Å²) in [5.41, 5.74) is 0.435. The molecule has 1 aromatic carbocycles. The van der Waals surface area contributed by atoms with Crippen molar-refractivity contribution in [2.45, 2.75) is 0 Å². The van der Waals surface area contributed by atoms with Gasteiger partial charge in [-0.05, 0) is 17.5 Å². The molecule has 0 bridgehead atoms. The van der Waals surface area contributed by atoms with Crippen molar-refractivity contribution < 1.29 is 9.53 Å². The van der Waals surface area contributed by atoms with E-state index >= 15 is 0 Å². The van der Waals surface area contributed by atoms with E-state index in [0.717, 1.165) is 10.9 Å². The number of carbonyl (C=O) groups excluding carboxylic acids is 1. The molecular formula is C16H14N4O3. The van der Waals surface area contributed by atoms with Crippen LogP contribution in [0.5, 0.6) is 5.88 Å². The molecule has 0 fully saturated rings. The normalized spacial score (nSPS) is 10.5. The summed E-state index contributed by atoms with van der Waals surface area (Å²) in [7, 11) is 3.11. The number of rotatable bonds is 3. The molecule has 116 valence electrons. The summed E-state index contributed by atoms with van der Waals surface area (Å²) in [6, 6.07) is 8.94. The van der Waals surface area contributed by atoms with E-state index in [2.05, 4.69) is 15.3 Å². The fraction of sp³-hybridized carbons (Fsp3) is 0.125. The van der Waals surface area contributed by atoms with Crippen molar-refractivity contribution >= 4 is 22.6 Å². The van der Waals surface area contributed by atoms with E-state index < -0.39 is 5.91 Å². The number of methoxy groups -OCH3 is 1. The van der Waals surface area contributed by atoms with Gasteiger partial charge in [0.1, 0.15) is 5.56 Å². The van der Waals surface area contributed by atoms with E-state index in [-0.39, 0.29) is 16.9 Å². The second kappa shape index (κ2) is 5.88. The largest absolute Gasteiger partial charge is 0.480 e. The van der Waals surface area contributed by atoms with Gasteiger partial charge in [-0.25, -0.2) is 9.97 Å². The number of fused-ring (bicyclic) bond motifs is 1. The molecule has 0 saturated carbocycles. The molecule has 3 rings (SSSR count). The minimum absolute atomic E-state index is 0.0452. The van der Waals surface area contributed by atoms with Crippen molar-refractivity contribution in [2.24, 2.45) is 7.05 Å². The third kappa shape index (κ3) is 2.76. The highest BCUT2D eigenvalue weighted by atomic mass is 16.5. The van der Waals surface area contributed by atoms with Gasteiger partial charge in [0.25, 0.3) is 11.5 Å². The average Bonchev–Trinajstić information content (AvgIpc) is 2.58. The smallest absolute Gasteiger partial charge is 0.263 e. The van der Waals surface area contributed by atoms with Gasteiger partial charge in [0, 0.05) is 7.05 Å². The lowest BCUT2D eigenvalue weighted by molar-refractivity contribution is 0.102. The zero-order valence-corrected chi connectivity index (χ0v) is 12.6. The number of pyridine rings is 1. The van der Waals surface area contributed by atoms with Crippen LogP contribution in [0.15, 0.2) is 47.5 Å². The summed E-state index contributed by atoms with van der Waals surface area (Å²) in [6.07, 6.45) is 2.75. The van der Waals surface area contributed by atoms with Gasteiger partial charge in [-0.2, -0.15) is 0 Å². The monoisotopic (exact) mass is 310 g/mol. The van der Waals surface area contributed by atoms with Crippen LogP contribution in [0.2, 0.25) is 0 Å². The lowest BCUT2D eigenvalue weighted by atomic mass is 10.1. The summed E-state index contributed by atoms with van der Waals surface area (Å²) >= 11 is 0. The fourth-order valence-corrected chi connectivity index (χ4v) is 2.25. The van der Waals surface area contributed by atoms with Crippen LogP contribution in [-0.2, 0) is 7.05 Å². The van der Waals surface area contributed by atoms with Crippen LogP contribution in [0.1, 0.15) is 10.4 Å². The number of amides is 1. The quantitative estimate of drug-likeness (QED) is 0.794. The van der Waals surface area contributed by atoms with Crippen LogP contribution in [0.3, 0.4) is 0 Å². The third-order valence-electron chi connectivity index (χ3n) is 3.46. The Bertz CT molecular complexity index is 932. The Morgan fingerprint density at radius 1 is 1.22 bits per heavy atom. The Labute approximate surface area is 131 Å². The van der Waals surface area contributed by atoms with Gasteiger partial charge in [0.05, 0.1) is 25.0 Å². The number of hydrogen-bond donors (Lipinski definition) is 1. The first-order valence-corrected chi connectivity index (χ1v) is 6.86. The highest BCUT2D eigenvalue weighted by Gasteiger charge is 2.15. The van der Waals surface area contributed by atoms with Gasteiger partial charge in [-0.15, -0.1) is 0 Å². The van der Waals surface area contributed by atoms with E-state index in [9.17, 15) is 9.59 Å². The molecule has 0 spiro atoms. The maximum absolute atomic E-state index is 12.4. The van der Waals surface area contributed by atoms with Crippen LogP contribution in [0.25, 0.3) is 10.9 Å². The molecule has 7 heteroatoms. The predicted octanol–water partition coefficient (Wildman–Crippen LogP) is 1.59. The molecule has 0 aliphatic rings. The van der Waals surface area contributed by atoms with Gasteiger partial charge < -0.3 is 14.6 Å². The Kier molecular flexibility index (Phi) is 3.76. The Morgan fingerprint density at radius 2 is 2.00 bits per heavy atom. The number of hydrogen-bond acceptors (Lipinski definition) is 5. The van der Waals surface area contributed by atoms with Gasteiger partial charge in [-0.3, -0.25) is 9.59 Å². The molecule has 0 unspecified atom stereocenters. The summed E-state index contributed by atoms with van der Waals surface area (Å²) in [5, 5.41) is 3.37. The van der Waals surface area contributed by atoms with Crippen molar-refractivity contribution in [3.05, 3.63) is 58.6 Å². The number of carbonyl (C=O) groups is 1. The van der Waals surface area contributed by atoms with E-state index in [1.54, 1.807) is 13.1 Å². The molecule has 0 aliphatic heterocycles. The summed E-state index contributed by atoms with van der Waals surface area (Å²) in [4.78, 5) is 32.7. The minimum atomic E-state index is -0.532. The van der Waals surface area contributed by atoms with Crippen molar-refractivity contribution in [3.63, 3.8) is 0 Å². The molecule has 0 aliphatic carbocycles. The number of aryl methyl sites for hydroxylation is 1. The van der Waals surface area contributed by atoms with Gasteiger partial charge in [-0.1, -0.05) is 18.2 Å². The fourth-order valence-electron chi connectivity index (χ4n) is 2.25. The molecule has 2 aromatic heterocycles. The first-order valence-electron chi connectivity index (χ1n) is 6.86. The number of anilines is 1. The number of nitrogens with zero attached hydrogens (tertiary/aromatic N) is 3. The number of ether oxygens (including phenoxy) is 1. The summed E-state index contributed by atoms with van der Waals surface area (Å²) in [5.74, 6) is 0.0476. The topological polar surface area (TPSA) is 86.1 Å². The highest BCUT2D eigenvalue weighted by molar-refractivity contribution is 6.05. The lowest BCUT2D eigenvalue weighted by Crippen LogP contribution is -2.28. The molecule has 0 saturated heterocycles. The zero-order chi connectivity index (χ0) is 16.4. The summed E-state index contributed by atoms with van der Waals surface area (Å²) < 4.78 is 6.35. The van der Waals surface area contributed by atoms with Gasteiger partial charge in [0.2, 0.25) is 5.88 Å². The van der Waals surface area contributed by atoms with Crippen LogP contribution >= 0.6 is 0 Å². The molecule has 0 radical (unpaired) electrons. The van der Waals surface area contributed by atoms with Crippen molar-refractivity contribution in [3.8, 4) is 5.88 Å². The summed E-state index contributed by atoms with van der Waals surface area (Å²) in [6.45, 7) is 0. The minimum Gasteiger partial charge on any atom is -0.480 e. The Balaban J connectivity index is 1.97. The highest BCUT2D eigenvalue weighted by Crippen LogP contribution is 2.13. The Morgan fingerprint density at radius 3 is 2.70 bits per heavy atom. The van der Waals surface area contributed by atoms with Crippen molar-refractivity contribution in [1.82, 2.24) is 14.5 Å². The zero-order valence-electron chi connectivity index (χ0n) is 12.6. The lowest BCUT2D eigenvalue weighted by Gasteiger charge is -2.09.